The first kappa shape index (κ1) is 13.9. The maximum absolute atomic E-state index is 11.2. The molecule has 1 rings (SSSR count). The number of hydrogen-bond acceptors (Lipinski definition) is 5. The third-order valence-corrected chi connectivity index (χ3v) is 2.20. The van der Waals surface area contributed by atoms with Gasteiger partial charge < -0.3 is 19.3 Å². The Balaban J connectivity index is 2.99. The molecule has 0 spiro atoms. The molecule has 0 atom stereocenters. The van der Waals surface area contributed by atoms with Gasteiger partial charge in [0.05, 0.1) is 20.8 Å². The molecule has 0 radical (unpaired) electrons. The van der Waals surface area contributed by atoms with Crippen LogP contribution in [0, 0.1) is 0 Å². The van der Waals surface area contributed by atoms with E-state index < -0.39 is 5.97 Å². The van der Waals surface area contributed by atoms with Crippen LogP contribution in [0.25, 0.3) is 6.08 Å². The number of carbonyl (C=O) groups is 1. The molecule has 0 fully saturated rings. The monoisotopic (exact) mass is 252 g/mol. The summed E-state index contributed by atoms with van der Waals surface area (Å²) in [7, 11) is 2.88. The molecule has 0 bridgehead atoms. The van der Waals surface area contributed by atoms with Crippen molar-refractivity contribution in [1.82, 2.24) is 0 Å². The molecule has 0 unspecified atom stereocenters. The molecule has 0 saturated heterocycles. The third-order valence-electron chi connectivity index (χ3n) is 2.20. The normalized spacial score (nSPS) is 10.4. The molecule has 0 aliphatic heterocycles. The molecule has 0 heterocycles. The molecule has 0 aromatic heterocycles. The molecule has 1 aromatic rings. The van der Waals surface area contributed by atoms with Crippen molar-refractivity contribution in [2.75, 3.05) is 20.8 Å². The fourth-order valence-corrected chi connectivity index (χ4v) is 1.36. The Morgan fingerprint density at radius 1 is 1.28 bits per heavy atom. The van der Waals surface area contributed by atoms with Crippen LogP contribution < -0.4 is 9.47 Å². The summed E-state index contributed by atoms with van der Waals surface area (Å²) in [6.07, 6.45) is 2.86. The topological polar surface area (TPSA) is 65.0 Å². The molecule has 5 nitrogen and oxygen atoms in total. The lowest BCUT2D eigenvalue weighted by atomic mass is 10.1. The molecule has 1 aromatic carbocycles. The highest BCUT2D eigenvalue weighted by Crippen LogP contribution is 2.37. The van der Waals surface area contributed by atoms with Crippen molar-refractivity contribution in [2.24, 2.45) is 0 Å². The zero-order chi connectivity index (χ0) is 13.5. The minimum atomic E-state index is -0.427. The summed E-state index contributed by atoms with van der Waals surface area (Å²) in [6, 6.07) is 3.18. The van der Waals surface area contributed by atoms with Crippen molar-refractivity contribution in [3.8, 4) is 17.2 Å². The lowest BCUT2D eigenvalue weighted by Crippen LogP contribution is -1.98. The summed E-state index contributed by atoms with van der Waals surface area (Å²) in [4.78, 5) is 11.2. The van der Waals surface area contributed by atoms with Crippen LogP contribution in [0.3, 0.4) is 0 Å². The van der Waals surface area contributed by atoms with E-state index in [4.69, 9.17) is 14.2 Å². The SMILES string of the molecule is CCOC(=O)C=Cc1cc(OC)c(O)c(OC)c1. The fourth-order valence-electron chi connectivity index (χ4n) is 1.36. The van der Waals surface area contributed by atoms with Crippen molar-refractivity contribution in [3.05, 3.63) is 23.8 Å². The van der Waals surface area contributed by atoms with E-state index in [1.165, 1.54) is 20.3 Å². The Labute approximate surface area is 106 Å². The van der Waals surface area contributed by atoms with Crippen molar-refractivity contribution < 1.29 is 24.1 Å². The molecular formula is C13H16O5. The zero-order valence-corrected chi connectivity index (χ0v) is 10.6. The van der Waals surface area contributed by atoms with Crippen LogP contribution in [0.1, 0.15) is 12.5 Å². The van der Waals surface area contributed by atoms with E-state index in [9.17, 15) is 9.90 Å². The van der Waals surface area contributed by atoms with Gasteiger partial charge in [-0.2, -0.15) is 0 Å². The van der Waals surface area contributed by atoms with E-state index in [0.29, 0.717) is 12.2 Å². The summed E-state index contributed by atoms with van der Waals surface area (Å²) in [5.74, 6) is 0.0486. The lowest BCUT2D eigenvalue weighted by Gasteiger charge is -2.09. The summed E-state index contributed by atoms with van der Waals surface area (Å²) in [6.45, 7) is 2.06. The van der Waals surface area contributed by atoms with Crippen LogP contribution >= 0.6 is 0 Å². The van der Waals surface area contributed by atoms with Gasteiger partial charge in [-0.1, -0.05) is 0 Å². The van der Waals surface area contributed by atoms with Gasteiger partial charge in [-0.25, -0.2) is 4.79 Å². The Morgan fingerprint density at radius 2 is 1.83 bits per heavy atom. The second kappa shape index (κ2) is 6.54. The molecule has 18 heavy (non-hydrogen) atoms. The number of aromatic hydroxyl groups is 1. The van der Waals surface area contributed by atoms with Gasteiger partial charge in [-0.05, 0) is 30.7 Å². The van der Waals surface area contributed by atoms with Gasteiger partial charge in [-0.3, -0.25) is 0 Å². The molecule has 0 saturated carbocycles. The molecule has 5 heteroatoms. The quantitative estimate of drug-likeness (QED) is 0.641. The van der Waals surface area contributed by atoms with E-state index in [-0.39, 0.29) is 17.2 Å². The first-order valence-corrected chi connectivity index (χ1v) is 5.42. The number of carbonyl (C=O) groups excluding carboxylic acids is 1. The number of ether oxygens (including phenoxy) is 3. The second-order valence-corrected chi connectivity index (χ2v) is 3.36. The summed E-state index contributed by atoms with van der Waals surface area (Å²) in [5, 5.41) is 9.71. The predicted octanol–water partition coefficient (Wildman–Crippen LogP) is 1.99. The molecule has 0 amide bonds. The van der Waals surface area contributed by atoms with E-state index in [0.717, 1.165) is 0 Å². The summed E-state index contributed by atoms with van der Waals surface area (Å²) < 4.78 is 14.8. The predicted molar refractivity (Wildman–Crippen MR) is 66.9 cm³/mol. The average molecular weight is 252 g/mol. The number of benzene rings is 1. The first-order chi connectivity index (χ1) is 8.62. The molecular weight excluding hydrogens is 236 g/mol. The Bertz CT molecular complexity index is 426. The number of phenolic OH excluding ortho intramolecular Hbond substituents is 1. The van der Waals surface area contributed by atoms with Gasteiger partial charge in [0.1, 0.15) is 0 Å². The summed E-state index contributed by atoms with van der Waals surface area (Å²) in [5.41, 5.74) is 0.662. The highest BCUT2D eigenvalue weighted by molar-refractivity contribution is 5.87. The first-order valence-electron chi connectivity index (χ1n) is 5.42. The highest BCUT2D eigenvalue weighted by Gasteiger charge is 2.10. The minimum Gasteiger partial charge on any atom is -0.502 e. The van der Waals surface area contributed by atoms with Gasteiger partial charge in [0, 0.05) is 6.08 Å². The van der Waals surface area contributed by atoms with E-state index in [1.54, 1.807) is 25.1 Å². The van der Waals surface area contributed by atoms with Crippen molar-refractivity contribution in [2.45, 2.75) is 6.92 Å². The zero-order valence-electron chi connectivity index (χ0n) is 10.6. The molecule has 1 N–H and O–H groups in total. The van der Waals surface area contributed by atoms with Gasteiger partial charge in [-0.15, -0.1) is 0 Å². The number of hydrogen-bond donors (Lipinski definition) is 1. The van der Waals surface area contributed by atoms with Crippen LogP contribution in [0.5, 0.6) is 17.2 Å². The van der Waals surface area contributed by atoms with Gasteiger partial charge in [0.2, 0.25) is 5.75 Å². The molecule has 0 aliphatic rings. The van der Waals surface area contributed by atoms with Crippen LogP contribution in [0.4, 0.5) is 0 Å². The second-order valence-electron chi connectivity index (χ2n) is 3.36. The van der Waals surface area contributed by atoms with Gasteiger partial charge in [0.15, 0.2) is 11.5 Å². The standard InChI is InChI=1S/C13H16O5/c1-4-18-12(14)6-5-9-7-10(16-2)13(15)11(8-9)17-3/h5-8,15H,4H2,1-3H3. The van der Waals surface area contributed by atoms with Crippen molar-refractivity contribution in [3.63, 3.8) is 0 Å². The average Bonchev–Trinajstić information content (AvgIpc) is 2.37. The largest absolute Gasteiger partial charge is 0.502 e. The smallest absolute Gasteiger partial charge is 0.330 e. The number of rotatable bonds is 5. The number of esters is 1. The summed E-state index contributed by atoms with van der Waals surface area (Å²) >= 11 is 0. The van der Waals surface area contributed by atoms with Gasteiger partial charge >= 0.3 is 5.97 Å². The van der Waals surface area contributed by atoms with Crippen LogP contribution in [-0.2, 0) is 9.53 Å². The maximum Gasteiger partial charge on any atom is 0.330 e. The molecule has 0 aliphatic carbocycles. The Kier molecular flexibility index (Phi) is 5.05. The van der Waals surface area contributed by atoms with Crippen LogP contribution in [0.15, 0.2) is 18.2 Å². The Morgan fingerprint density at radius 3 is 2.28 bits per heavy atom. The maximum atomic E-state index is 11.2. The molecule has 98 valence electrons. The van der Waals surface area contributed by atoms with E-state index in [2.05, 4.69) is 0 Å². The van der Waals surface area contributed by atoms with Crippen molar-refractivity contribution in [1.29, 1.82) is 0 Å². The highest BCUT2D eigenvalue weighted by atomic mass is 16.5. The van der Waals surface area contributed by atoms with Gasteiger partial charge in [0.25, 0.3) is 0 Å². The third kappa shape index (κ3) is 3.41. The van der Waals surface area contributed by atoms with Crippen molar-refractivity contribution >= 4 is 12.0 Å². The van der Waals surface area contributed by atoms with E-state index in [1.807, 2.05) is 0 Å². The number of methoxy groups -OCH3 is 2. The minimum absolute atomic E-state index is 0.0757. The fraction of sp³-hybridized carbons (Fsp3) is 0.308. The van der Waals surface area contributed by atoms with Crippen LogP contribution in [0.2, 0.25) is 0 Å². The Hall–Kier alpha value is -2.17. The lowest BCUT2D eigenvalue weighted by molar-refractivity contribution is -0.137. The van der Waals surface area contributed by atoms with Crippen LogP contribution in [-0.4, -0.2) is 31.9 Å². The number of phenols is 1. The van der Waals surface area contributed by atoms with E-state index >= 15 is 0 Å².